The van der Waals surface area contributed by atoms with E-state index in [1.54, 1.807) is 26.0 Å². The van der Waals surface area contributed by atoms with Gasteiger partial charge < -0.3 is 15.4 Å². The van der Waals surface area contributed by atoms with Gasteiger partial charge >= 0.3 is 0 Å². The van der Waals surface area contributed by atoms with Crippen LogP contribution >= 0.6 is 12.4 Å². The van der Waals surface area contributed by atoms with Crippen LogP contribution in [0.2, 0.25) is 0 Å². The summed E-state index contributed by atoms with van der Waals surface area (Å²) in [5, 5.41) is 9.73. The minimum absolute atomic E-state index is 0. The van der Waals surface area contributed by atoms with Gasteiger partial charge in [0.2, 0.25) is 5.82 Å². The lowest BCUT2D eigenvalue weighted by atomic mass is 10.1. The lowest BCUT2D eigenvalue weighted by molar-refractivity contribution is 0.143. The smallest absolute Gasteiger partial charge is 0.209 e. The minimum Gasteiger partial charge on any atom is -0.382 e. The maximum Gasteiger partial charge on any atom is 0.209 e. The van der Waals surface area contributed by atoms with Gasteiger partial charge in [-0.3, -0.25) is 0 Å². The highest BCUT2D eigenvalue weighted by Crippen LogP contribution is 2.26. The Kier molecular flexibility index (Phi) is 5.50. The van der Waals surface area contributed by atoms with Crippen LogP contribution in [0.25, 0.3) is 22.6 Å². The van der Waals surface area contributed by atoms with Crippen molar-refractivity contribution in [2.45, 2.75) is 32.9 Å². The molecule has 0 spiro atoms. The number of fused-ring (bicyclic) bond motifs is 1. The van der Waals surface area contributed by atoms with Gasteiger partial charge in [0.1, 0.15) is 17.2 Å². The van der Waals surface area contributed by atoms with Gasteiger partial charge in [-0.05, 0) is 38.8 Å². The summed E-state index contributed by atoms with van der Waals surface area (Å²) in [7, 11) is 0. The highest BCUT2D eigenvalue weighted by atomic mass is 35.5. The van der Waals surface area contributed by atoms with Crippen molar-refractivity contribution in [2.24, 2.45) is 0 Å². The van der Waals surface area contributed by atoms with Gasteiger partial charge in [-0.1, -0.05) is 18.1 Å². The number of aliphatic hydroxyl groups is 1. The lowest BCUT2D eigenvalue weighted by Crippen LogP contribution is -2.14. The van der Waals surface area contributed by atoms with Gasteiger partial charge in [-0.15, -0.1) is 12.4 Å². The first kappa shape index (κ1) is 19.6. The summed E-state index contributed by atoms with van der Waals surface area (Å²) in [6.07, 6.45) is 0. The van der Waals surface area contributed by atoms with E-state index in [4.69, 9.17) is 5.73 Å². The van der Waals surface area contributed by atoms with Crippen LogP contribution in [0, 0.1) is 17.7 Å². The summed E-state index contributed by atoms with van der Waals surface area (Å²) in [5.41, 5.74) is 6.44. The van der Waals surface area contributed by atoms with E-state index in [0.717, 1.165) is 0 Å². The van der Waals surface area contributed by atoms with Gasteiger partial charge in [0.25, 0.3) is 0 Å². The summed E-state index contributed by atoms with van der Waals surface area (Å²) in [6.45, 7) is 5.64. The normalized spacial score (nSPS) is 11.0. The summed E-state index contributed by atoms with van der Waals surface area (Å²) in [6, 6.07) is 6.18. The van der Waals surface area contributed by atoms with Crippen molar-refractivity contribution in [3.63, 3.8) is 0 Å². The minimum atomic E-state index is -1.16. The van der Waals surface area contributed by atoms with Gasteiger partial charge in [-0.25, -0.2) is 19.3 Å². The molecule has 3 N–H and O–H groups in total. The van der Waals surface area contributed by atoms with Gasteiger partial charge in [0, 0.05) is 12.1 Å². The molecule has 0 fully saturated rings. The van der Waals surface area contributed by atoms with Gasteiger partial charge in [0.15, 0.2) is 17.0 Å². The number of rotatable bonds is 2. The summed E-state index contributed by atoms with van der Waals surface area (Å²) in [4.78, 5) is 13.0. The first-order valence-electron chi connectivity index (χ1n) is 7.83. The van der Waals surface area contributed by atoms with E-state index < -0.39 is 5.60 Å². The second-order valence-electron chi connectivity index (χ2n) is 6.10. The van der Waals surface area contributed by atoms with Crippen LogP contribution < -0.4 is 5.73 Å². The SMILES string of the molecule is CCn1c(-c2cccc(F)c2)nc2c(N)nc(C#CC(C)(C)O)nc21.Cl. The number of halogens is 2. The molecule has 6 nitrogen and oxygen atoms in total. The van der Waals surface area contributed by atoms with Crippen LogP contribution in [-0.4, -0.2) is 30.2 Å². The second kappa shape index (κ2) is 7.28. The Morgan fingerprint density at radius 3 is 2.62 bits per heavy atom. The molecule has 0 radical (unpaired) electrons. The molecule has 0 unspecified atom stereocenters. The average Bonchev–Trinajstić information content (AvgIpc) is 2.91. The molecule has 0 saturated carbocycles. The second-order valence-corrected chi connectivity index (χ2v) is 6.10. The molecule has 0 bridgehead atoms. The number of hydrogen-bond donors (Lipinski definition) is 2. The third kappa shape index (κ3) is 3.93. The average molecular weight is 376 g/mol. The Labute approximate surface area is 156 Å². The predicted molar refractivity (Wildman–Crippen MR) is 101 cm³/mol. The molecule has 8 heteroatoms. The van der Waals surface area contributed by atoms with Gasteiger partial charge in [0.05, 0.1) is 0 Å². The molecular weight excluding hydrogens is 357 g/mol. The van der Waals surface area contributed by atoms with Crippen LogP contribution in [0.15, 0.2) is 24.3 Å². The first-order valence-corrected chi connectivity index (χ1v) is 7.83. The molecule has 1 aromatic carbocycles. The van der Waals surface area contributed by atoms with E-state index in [0.29, 0.717) is 29.1 Å². The zero-order chi connectivity index (χ0) is 18.2. The highest BCUT2D eigenvalue weighted by molar-refractivity contribution is 5.86. The Morgan fingerprint density at radius 1 is 1.27 bits per heavy atom. The number of aryl methyl sites for hydroxylation is 1. The third-order valence-electron chi connectivity index (χ3n) is 3.50. The Hall–Kier alpha value is -2.69. The number of nitrogens with zero attached hydrogens (tertiary/aromatic N) is 4. The fraction of sp³-hybridized carbons (Fsp3) is 0.278. The third-order valence-corrected chi connectivity index (χ3v) is 3.50. The summed E-state index contributed by atoms with van der Waals surface area (Å²) in [5.74, 6) is 5.99. The molecule has 3 aromatic rings. The largest absolute Gasteiger partial charge is 0.382 e. The van der Waals surface area contributed by atoms with E-state index in [9.17, 15) is 9.50 Å². The van der Waals surface area contributed by atoms with E-state index in [-0.39, 0.29) is 29.9 Å². The van der Waals surface area contributed by atoms with E-state index in [2.05, 4.69) is 26.8 Å². The maximum absolute atomic E-state index is 13.6. The molecule has 26 heavy (non-hydrogen) atoms. The van der Waals surface area contributed by atoms with Crippen LogP contribution in [0.1, 0.15) is 26.6 Å². The number of nitrogens with two attached hydrogens (primary N) is 1. The number of imidazole rings is 1. The number of anilines is 1. The molecule has 136 valence electrons. The molecule has 0 aliphatic carbocycles. The van der Waals surface area contributed by atoms with Crippen LogP contribution in [0.5, 0.6) is 0 Å². The fourth-order valence-corrected chi connectivity index (χ4v) is 2.43. The van der Waals surface area contributed by atoms with Crippen molar-refractivity contribution in [3.05, 3.63) is 35.9 Å². The molecule has 0 amide bonds. The topological polar surface area (TPSA) is 89.9 Å². The van der Waals surface area contributed by atoms with Crippen LogP contribution in [0.4, 0.5) is 10.2 Å². The summed E-state index contributed by atoms with van der Waals surface area (Å²) >= 11 is 0. The van der Waals surface area contributed by atoms with Crippen molar-refractivity contribution in [1.29, 1.82) is 0 Å². The predicted octanol–water partition coefficient (Wildman–Crippen LogP) is 2.78. The molecule has 2 heterocycles. The monoisotopic (exact) mass is 375 g/mol. The number of hydrogen-bond acceptors (Lipinski definition) is 5. The molecule has 0 atom stereocenters. The van der Waals surface area contributed by atoms with Crippen molar-refractivity contribution >= 4 is 29.4 Å². The van der Waals surface area contributed by atoms with E-state index in [1.807, 2.05) is 11.5 Å². The Bertz CT molecular complexity index is 1010. The van der Waals surface area contributed by atoms with Gasteiger partial charge in [-0.2, -0.15) is 0 Å². The Morgan fingerprint density at radius 2 is 2.00 bits per heavy atom. The number of benzene rings is 1. The highest BCUT2D eigenvalue weighted by Gasteiger charge is 2.17. The standard InChI is InChI=1S/C18H18FN5O.ClH/c1-4-24-16(11-6-5-7-12(19)10-11)23-14-15(20)21-13(22-17(14)24)8-9-18(2,3)25;/h5-7,10,25H,4H2,1-3H3,(H2,20,21,22);1H. The van der Waals surface area contributed by atoms with E-state index >= 15 is 0 Å². The first-order chi connectivity index (χ1) is 11.8. The molecule has 0 aliphatic heterocycles. The quantitative estimate of drug-likeness (QED) is 0.672. The molecular formula is C18H19ClFN5O. The number of nitrogen functional groups attached to an aromatic ring is 1. The molecule has 0 aliphatic rings. The summed E-state index contributed by atoms with van der Waals surface area (Å²) < 4.78 is 15.4. The van der Waals surface area contributed by atoms with Crippen molar-refractivity contribution in [2.75, 3.05) is 5.73 Å². The molecule has 0 saturated heterocycles. The van der Waals surface area contributed by atoms with Crippen LogP contribution in [0.3, 0.4) is 0 Å². The lowest BCUT2D eigenvalue weighted by Gasteiger charge is -2.06. The zero-order valence-electron chi connectivity index (χ0n) is 14.6. The Balaban J connectivity index is 0.00000243. The fourth-order valence-electron chi connectivity index (χ4n) is 2.43. The van der Waals surface area contributed by atoms with Crippen molar-refractivity contribution in [1.82, 2.24) is 19.5 Å². The van der Waals surface area contributed by atoms with E-state index in [1.165, 1.54) is 12.1 Å². The number of aromatic nitrogens is 4. The molecule has 3 rings (SSSR count). The van der Waals surface area contributed by atoms with Crippen LogP contribution in [-0.2, 0) is 6.54 Å². The van der Waals surface area contributed by atoms with Crippen molar-refractivity contribution < 1.29 is 9.50 Å². The van der Waals surface area contributed by atoms with Crippen molar-refractivity contribution in [3.8, 4) is 23.2 Å². The zero-order valence-corrected chi connectivity index (χ0v) is 15.4. The molecule has 2 aromatic heterocycles. The maximum atomic E-state index is 13.6.